The molecule has 3 heterocycles. The first-order valence-corrected chi connectivity index (χ1v) is 11.2. The van der Waals surface area contributed by atoms with Gasteiger partial charge in [-0.25, -0.2) is 9.50 Å². The number of thioether (sulfide) groups is 1. The van der Waals surface area contributed by atoms with E-state index in [1.165, 1.54) is 30.3 Å². The van der Waals surface area contributed by atoms with Crippen molar-refractivity contribution in [3.8, 4) is 0 Å². The fourth-order valence-corrected chi connectivity index (χ4v) is 4.21. The summed E-state index contributed by atoms with van der Waals surface area (Å²) in [5.74, 6) is 0.562. The van der Waals surface area contributed by atoms with Crippen LogP contribution in [0.25, 0.3) is 5.78 Å². The maximum Gasteiger partial charge on any atom is 0.253 e. The minimum Gasteiger partial charge on any atom is -0.371 e. The third-order valence-electron chi connectivity index (χ3n) is 5.46. The summed E-state index contributed by atoms with van der Waals surface area (Å²) in [4.78, 5) is 24.0. The monoisotopic (exact) mass is 410 g/mol. The van der Waals surface area contributed by atoms with E-state index in [2.05, 4.69) is 43.5 Å². The molecule has 0 unspecified atom stereocenters. The second-order valence-corrected chi connectivity index (χ2v) is 8.12. The van der Waals surface area contributed by atoms with Crippen LogP contribution in [0.5, 0.6) is 0 Å². The van der Waals surface area contributed by atoms with E-state index in [4.69, 9.17) is 0 Å². The lowest BCUT2D eigenvalue weighted by molar-refractivity contribution is -0.120. The van der Waals surface area contributed by atoms with Gasteiger partial charge in [-0.2, -0.15) is 4.98 Å². The Morgan fingerprint density at radius 3 is 2.69 bits per heavy atom. The molecule has 8 heteroatoms. The van der Waals surface area contributed by atoms with Gasteiger partial charge < -0.3 is 10.2 Å². The number of rotatable bonds is 6. The molecule has 1 aliphatic heterocycles. The van der Waals surface area contributed by atoms with Crippen molar-refractivity contribution >= 4 is 29.1 Å². The van der Waals surface area contributed by atoms with Gasteiger partial charge in [-0.15, -0.1) is 5.10 Å². The van der Waals surface area contributed by atoms with Gasteiger partial charge in [0.15, 0.2) is 0 Å². The molecule has 1 N–H and O–H groups in total. The normalized spacial score (nSPS) is 14.0. The van der Waals surface area contributed by atoms with Crippen LogP contribution >= 0.6 is 11.8 Å². The highest BCUT2D eigenvalue weighted by Gasteiger charge is 2.18. The minimum absolute atomic E-state index is 0.0150. The largest absolute Gasteiger partial charge is 0.371 e. The smallest absolute Gasteiger partial charge is 0.253 e. The fourth-order valence-electron chi connectivity index (χ4n) is 3.88. The molecular weight excluding hydrogens is 384 g/mol. The number of carbonyl (C=O) groups is 1. The van der Waals surface area contributed by atoms with Gasteiger partial charge in [0.1, 0.15) is 0 Å². The van der Waals surface area contributed by atoms with E-state index < -0.39 is 0 Å². The molecule has 3 aromatic rings. The van der Waals surface area contributed by atoms with Gasteiger partial charge in [0.2, 0.25) is 11.1 Å². The van der Waals surface area contributed by atoms with Crippen molar-refractivity contribution in [3.05, 3.63) is 46.8 Å². The first-order chi connectivity index (χ1) is 14.1. The Balaban J connectivity index is 1.48. The molecule has 1 aromatic carbocycles. The molecule has 152 valence electrons. The van der Waals surface area contributed by atoms with E-state index >= 15 is 0 Å². The van der Waals surface area contributed by atoms with E-state index in [-0.39, 0.29) is 12.3 Å². The second kappa shape index (κ2) is 8.41. The maximum atomic E-state index is 12.7. The zero-order chi connectivity index (χ0) is 20.4. The zero-order valence-corrected chi connectivity index (χ0v) is 17.9. The molecule has 0 spiro atoms. The van der Waals surface area contributed by atoms with Gasteiger partial charge in [0, 0.05) is 42.3 Å². The number of amides is 1. The lowest BCUT2D eigenvalue weighted by Gasteiger charge is -2.21. The number of hydrogen-bond donors (Lipinski definition) is 1. The van der Waals surface area contributed by atoms with Crippen molar-refractivity contribution in [1.29, 1.82) is 0 Å². The molecule has 1 amide bonds. The molecule has 0 radical (unpaired) electrons. The van der Waals surface area contributed by atoms with Gasteiger partial charge in [-0.1, -0.05) is 30.0 Å². The highest BCUT2D eigenvalue weighted by Crippen LogP contribution is 2.24. The van der Waals surface area contributed by atoms with Gasteiger partial charge in [0.05, 0.1) is 6.42 Å². The first kappa shape index (κ1) is 19.7. The predicted octanol–water partition coefficient (Wildman–Crippen LogP) is 2.92. The van der Waals surface area contributed by atoms with Crippen molar-refractivity contribution < 1.29 is 4.79 Å². The lowest BCUT2D eigenvalue weighted by Crippen LogP contribution is -2.27. The van der Waals surface area contributed by atoms with Crippen LogP contribution in [-0.4, -0.2) is 44.8 Å². The number of fused-ring (bicyclic) bond motifs is 1. The minimum atomic E-state index is -0.0150. The molecule has 1 aliphatic rings. The molecule has 1 saturated heterocycles. The van der Waals surface area contributed by atoms with Crippen LogP contribution in [0.2, 0.25) is 0 Å². The van der Waals surface area contributed by atoms with E-state index in [1.54, 1.807) is 4.52 Å². The Hall–Kier alpha value is -2.61. The third kappa shape index (κ3) is 4.07. The summed E-state index contributed by atoms with van der Waals surface area (Å²) in [6.07, 6.45) is 4.68. The van der Waals surface area contributed by atoms with E-state index in [0.29, 0.717) is 17.5 Å². The number of nitrogens with zero attached hydrogens (tertiary/aromatic N) is 5. The molecule has 0 aliphatic carbocycles. The summed E-state index contributed by atoms with van der Waals surface area (Å²) in [5.41, 5.74) is 5.02. The van der Waals surface area contributed by atoms with Crippen LogP contribution < -0.4 is 10.2 Å². The van der Waals surface area contributed by atoms with Crippen molar-refractivity contribution in [1.82, 2.24) is 24.9 Å². The molecule has 7 nitrogen and oxygen atoms in total. The quantitative estimate of drug-likeness (QED) is 0.630. The number of nitrogens with one attached hydrogen (secondary N) is 1. The summed E-state index contributed by atoms with van der Waals surface area (Å²) in [6, 6.07) is 8.33. The standard InChI is InChI=1S/C21H26N6OS/c1-14-17(15(2)27-20(23-14)24-21(25-27)29-3)12-19(28)22-13-16-8-4-5-9-18(16)26-10-6-7-11-26/h4-5,8-9H,6-7,10-13H2,1-3H3,(H,22,28). The topological polar surface area (TPSA) is 75.4 Å². The number of para-hydroxylation sites is 1. The van der Waals surface area contributed by atoms with Crippen molar-refractivity contribution in [2.45, 2.75) is 44.8 Å². The van der Waals surface area contributed by atoms with Gasteiger partial charge in [-0.3, -0.25) is 4.79 Å². The Kier molecular flexibility index (Phi) is 5.71. The van der Waals surface area contributed by atoms with Crippen molar-refractivity contribution in [3.63, 3.8) is 0 Å². The van der Waals surface area contributed by atoms with Crippen molar-refractivity contribution in [2.75, 3.05) is 24.2 Å². The van der Waals surface area contributed by atoms with Crippen LogP contribution in [0.3, 0.4) is 0 Å². The zero-order valence-electron chi connectivity index (χ0n) is 17.1. The molecule has 4 rings (SSSR count). The number of benzene rings is 1. The first-order valence-electron chi connectivity index (χ1n) is 9.93. The number of carbonyl (C=O) groups excluding carboxylic acids is 1. The summed E-state index contributed by atoms with van der Waals surface area (Å²) in [7, 11) is 0. The van der Waals surface area contributed by atoms with Crippen LogP contribution in [0.15, 0.2) is 29.4 Å². The SMILES string of the molecule is CSc1nc2nc(C)c(CC(=O)NCc3ccccc3N3CCCC3)c(C)n2n1. The number of aromatic nitrogens is 4. The second-order valence-electron chi connectivity index (χ2n) is 7.35. The van der Waals surface area contributed by atoms with Crippen LogP contribution in [0, 0.1) is 13.8 Å². The fraction of sp³-hybridized carbons (Fsp3) is 0.429. The van der Waals surface area contributed by atoms with E-state index in [1.807, 2.05) is 26.2 Å². The molecule has 2 aromatic heterocycles. The number of hydrogen-bond acceptors (Lipinski definition) is 6. The van der Waals surface area contributed by atoms with Gasteiger partial charge >= 0.3 is 0 Å². The average molecular weight is 411 g/mol. The summed E-state index contributed by atoms with van der Waals surface area (Å²) in [6.45, 7) is 6.59. The Labute approximate surface area is 174 Å². The van der Waals surface area contributed by atoms with Gasteiger partial charge in [0.25, 0.3) is 5.78 Å². The molecule has 0 atom stereocenters. The molecular formula is C21H26N6OS. The predicted molar refractivity (Wildman–Crippen MR) is 115 cm³/mol. The average Bonchev–Trinajstić information content (AvgIpc) is 3.39. The lowest BCUT2D eigenvalue weighted by atomic mass is 10.1. The number of aryl methyl sites for hydroxylation is 2. The van der Waals surface area contributed by atoms with Gasteiger partial charge in [-0.05, 0) is 44.6 Å². The summed E-state index contributed by atoms with van der Waals surface area (Å²) >= 11 is 1.48. The Morgan fingerprint density at radius 1 is 1.17 bits per heavy atom. The van der Waals surface area contributed by atoms with Crippen LogP contribution in [0.1, 0.15) is 35.4 Å². The highest BCUT2D eigenvalue weighted by atomic mass is 32.2. The third-order valence-corrected chi connectivity index (χ3v) is 6.00. The van der Waals surface area contributed by atoms with E-state index in [9.17, 15) is 4.79 Å². The maximum absolute atomic E-state index is 12.7. The Bertz CT molecular complexity index is 1040. The van der Waals surface area contributed by atoms with E-state index in [0.717, 1.165) is 35.6 Å². The Morgan fingerprint density at radius 2 is 1.93 bits per heavy atom. The number of anilines is 1. The molecule has 29 heavy (non-hydrogen) atoms. The van der Waals surface area contributed by atoms with Crippen molar-refractivity contribution in [2.24, 2.45) is 0 Å². The molecule has 0 bridgehead atoms. The highest BCUT2D eigenvalue weighted by molar-refractivity contribution is 7.98. The molecule has 1 fully saturated rings. The van der Waals surface area contributed by atoms with Crippen LogP contribution in [0.4, 0.5) is 5.69 Å². The summed E-state index contributed by atoms with van der Waals surface area (Å²) in [5, 5.41) is 8.23. The summed E-state index contributed by atoms with van der Waals surface area (Å²) < 4.78 is 1.73. The molecule has 0 saturated carbocycles. The van der Waals surface area contributed by atoms with Crippen LogP contribution in [-0.2, 0) is 17.8 Å².